The third-order valence-corrected chi connectivity index (χ3v) is 2.47. The van der Waals surface area contributed by atoms with Crippen molar-refractivity contribution in [1.82, 2.24) is 0 Å². The Kier molecular flexibility index (Phi) is 3.10. The molecule has 5 heteroatoms. The summed E-state index contributed by atoms with van der Waals surface area (Å²) in [4.78, 5) is 14.5. The maximum atomic E-state index is 10.5. The molecule has 1 aromatic carbocycles. The summed E-state index contributed by atoms with van der Waals surface area (Å²) in [7, 11) is 0. The van der Waals surface area contributed by atoms with Crippen LogP contribution in [0, 0.1) is 0 Å². The highest BCUT2D eigenvalue weighted by molar-refractivity contribution is 6.30. The second-order valence-corrected chi connectivity index (χ2v) is 3.90. The first-order chi connectivity index (χ1) is 7.65. The van der Waals surface area contributed by atoms with Crippen LogP contribution in [0.2, 0.25) is 5.02 Å². The van der Waals surface area contributed by atoms with Gasteiger partial charge in [-0.25, -0.2) is 0 Å². The van der Waals surface area contributed by atoms with E-state index in [0.29, 0.717) is 11.6 Å². The zero-order chi connectivity index (χ0) is 11.5. The van der Waals surface area contributed by atoms with Crippen molar-refractivity contribution < 1.29 is 14.6 Å². The van der Waals surface area contributed by atoms with Gasteiger partial charge >= 0.3 is 5.97 Å². The van der Waals surface area contributed by atoms with Crippen molar-refractivity contribution in [3.63, 3.8) is 0 Å². The quantitative estimate of drug-likeness (QED) is 0.880. The third kappa shape index (κ3) is 2.52. The number of aliphatic carboxylic acids is 1. The number of ether oxygens (including phenoxy) is 1. The van der Waals surface area contributed by atoms with Gasteiger partial charge in [0.1, 0.15) is 12.5 Å². The molecule has 0 bridgehead atoms. The lowest BCUT2D eigenvalue weighted by Crippen LogP contribution is -2.09. The lowest BCUT2D eigenvalue weighted by Gasteiger charge is -2.11. The Morgan fingerprint density at radius 1 is 1.62 bits per heavy atom. The molecule has 1 heterocycles. The first-order valence-corrected chi connectivity index (χ1v) is 5.20. The van der Waals surface area contributed by atoms with Crippen molar-refractivity contribution in [2.24, 2.45) is 4.99 Å². The van der Waals surface area contributed by atoms with Crippen molar-refractivity contribution in [2.45, 2.75) is 12.5 Å². The van der Waals surface area contributed by atoms with Gasteiger partial charge in [-0.05, 0) is 17.7 Å². The summed E-state index contributed by atoms with van der Waals surface area (Å²) in [6, 6.07) is 7.29. The normalized spacial score (nSPS) is 19.1. The van der Waals surface area contributed by atoms with Gasteiger partial charge in [-0.3, -0.25) is 9.79 Å². The Morgan fingerprint density at radius 2 is 2.44 bits per heavy atom. The number of benzene rings is 1. The Hall–Kier alpha value is -1.55. The molecule has 1 aliphatic rings. The molecule has 16 heavy (non-hydrogen) atoms. The van der Waals surface area contributed by atoms with Gasteiger partial charge in [0.2, 0.25) is 0 Å². The molecule has 0 radical (unpaired) electrons. The van der Waals surface area contributed by atoms with E-state index < -0.39 is 5.97 Å². The second kappa shape index (κ2) is 4.53. The standard InChI is InChI=1S/C11H10ClNO3/c12-8-3-1-2-7(4-8)9-6-13-10(16-9)5-11(14)15/h1-4,9H,5-6H2,(H,14,15). The minimum atomic E-state index is -0.939. The molecule has 1 aliphatic heterocycles. The van der Waals surface area contributed by atoms with Gasteiger partial charge in [0, 0.05) is 5.02 Å². The van der Waals surface area contributed by atoms with Gasteiger partial charge in [0.15, 0.2) is 5.90 Å². The van der Waals surface area contributed by atoms with Crippen molar-refractivity contribution in [3.8, 4) is 0 Å². The van der Waals surface area contributed by atoms with Gasteiger partial charge in [0.05, 0.1) is 6.54 Å². The SMILES string of the molecule is O=C(O)CC1=NCC(c2cccc(Cl)c2)O1. The van der Waals surface area contributed by atoms with E-state index >= 15 is 0 Å². The van der Waals surface area contributed by atoms with Crippen LogP contribution in [0.3, 0.4) is 0 Å². The van der Waals surface area contributed by atoms with Crippen LogP contribution in [-0.4, -0.2) is 23.5 Å². The summed E-state index contributed by atoms with van der Waals surface area (Å²) in [5.74, 6) is -0.664. The van der Waals surface area contributed by atoms with Crippen LogP contribution in [0.15, 0.2) is 29.3 Å². The van der Waals surface area contributed by atoms with Crippen LogP contribution in [0.5, 0.6) is 0 Å². The fraction of sp³-hybridized carbons (Fsp3) is 0.273. The predicted molar refractivity (Wildman–Crippen MR) is 59.8 cm³/mol. The van der Waals surface area contributed by atoms with E-state index in [0.717, 1.165) is 5.56 Å². The fourth-order valence-electron chi connectivity index (χ4n) is 1.53. The van der Waals surface area contributed by atoms with Crippen LogP contribution in [0.25, 0.3) is 0 Å². The molecular formula is C11H10ClNO3. The molecule has 0 amide bonds. The van der Waals surface area contributed by atoms with Gasteiger partial charge < -0.3 is 9.84 Å². The Morgan fingerprint density at radius 3 is 3.12 bits per heavy atom. The number of rotatable bonds is 3. The topological polar surface area (TPSA) is 58.9 Å². The molecular weight excluding hydrogens is 230 g/mol. The van der Waals surface area contributed by atoms with E-state index in [1.165, 1.54) is 0 Å². The zero-order valence-electron chi connectivity index (χ0n) is 8.39. The summed E-state index contributed by atoms with van der Waals surface area (Å²) in [6.45, 7) is 0.447. The maximum absolute atomic E-state index is 10.5. The van der Waals surface area contributed by atoms with E-state index in [-0.39, 0.29) is 18.4 Å². The molecule has 84 valence electrons. The van der Waals surface area contributed by atoms with Crippen LogP contribution in [0.1, 0.15) is 18.1 Å². The first kappa shape index (κ1) is 11.0. The largest absolute Gasteiger partial charge is 0.481 e. The zero-order valence-corrected chi connectivity index (χ0v) is 9.15. The molecule has 1 atom stereocenters. The monoisotopic (exact) mass is 239 g/mol. The number of aliphatic imine (C=N–C) groups is 1. The molecule has 2 rings (SSSR count). The van der Waals surface area contributed by atoms with Gasteiger partial charge in [-0.2, -0.15) is 0 Å². The number of nitrogens with zero attached hydrogens (tertiary/aromatic N) is 1. The molecule has 1 aromatic rings. The van der Waals surface area contributed by atoms with E-state index in [9.17, 15) is 4.79 Å². The maximum Gasteiger partial charge on any atom is 0.312 e. The van der Waals surface area contributed by atoms with Crippen LogP contribution in [0.4, 0.5) is 0 Å². The number of carboxylic acid groups (broad SMARTS) is 1. The van der Waals surface area contributed by atoms with E-state index in [1.807, 2.05) is 12.1 Å². The molecule has 0 saturated heterocycles. The third-order valence-electron chi connectivity index (χ3n) is 2.23. The molecule has 0 fully saturated rings. The Labute approximate surface area is 97.5 Å². The number of hydrogen-bond donors (Lipinski definition) is 1. The van der Waals surface area contributed by atoms with E-state index in [2.05, 4.69) is 4.99 Å². The second-order valence-electron chi connectivity index (χ2n) is 3.47. The summed E-state index contributed by atoms with van der Waals surface area (Å²) < 4.78 is 5.42. The van der Waals surface area contributed by atoms with Crippen LogP contribution in [-0.2, 0) is 9.53 Å². The summed E-state index contributed by atoms with van der Waals surface area (Å²) in [5.41, 5.74) is 0.914. The lowest BCUT2D eigenvalue weighted by atomic mass is 10.1. The van der Waals surface area contributed by atoms with Crippen molar-refractivity contribution in [3.05, 3.63) is 34.9 Å². The fourth-order valence-corrected chi connectivity index (χ4v) is 1.73. The summed E-state index contributed by atoms with van der Waals surface area (Å²) in [6.07, 6.45) is -0.384. The highest BCUT2D eigenvalue weighted by Crippen LogP contribution is 2.25. The van der Waals surface area contributed by atoms with Gasteiger partial charge in [0.25, 0.3) is 0 Å². The number of hydrogen-bond acceptors (Lipinski definition) is 3. The molecule has 1 unspecified atom stereocenters. The number of carbonyl (C=O) groups is 1. The lowest BCUT2D eigenvalue weighted by molar-refractivity contribution is -0.135. The molecule has 4 nitrogen and oxygen atoms in total. The average molecular weight is 240 g/mol. The van der Waals surface area contributed by atoms with Gasteiger partial charge in [-0.15, -0.1) is 0 Å². The highest BCUT2D eigenvalue weighted by atomic mass is 35.5. The van der Waals surface area contributed by atoms with E-state index in [4.69, 9.17) is 21.4 Å². The predicted octanol–water partition coefficient (Wildman–Crippen LogP) is 2.28. The van der Waals surface area contributed by atoms with Crippen molar-refractivity contribution >= 4 is 23.5 Å². The number of carboxylic acids is 1. The molecule has 0 spiro atoms. The van der Waals surface area contributed by atoms with Crippen LogP contribution < -0.4 is 0 Å². The Bertz CT molecular complexity index is 445. The van der Waals surface area contributed by atoms with E-state index in [1.54, 1.807) is 12.1 Å². The number of halogens is 1. The smallest absolute Gasteiger partial charge is 0.312 e. The summed E-state index contributed by atoms with van der Waals surface area (Å²) in [5, 5.41) is 9.23. The molecule has 0 aliphatic carbocycles. The van der Waals surface area contributed by atoms with Crippen molar-refractivity contribution in [2.75, 3.05) is 6.54 Å². The highest BCUT2D eigenvalue weighted by Gasteiger charge is 2.22. The summed E-state index contributed by atoms with van der Waals surface area (Å²) >= 11 is 5.86. The minimum absolute atomic E-state index is 0.170. The van der Waals surface area contributed by atoms with Gasteiger partial charge in [-0.1, -0.05) is 23.7 Å². The average Bonchev–Trinajstić information content (AvgIpc) is 2.65. The molecule has 1 N–H and O–H groups in total. The molecule has 0 saturated carbocycles. The molecule has 0 aromatic heterocycles. The Balaban J connectivity index is 2.03. The van der Waals surface area contributed by atoms with Crippen LogP contribution >= 0.6 is 11.6 Å². The van der Waals surface area contributed by atoms with Crippen molar-refractivity contribution in [1.29, 1.82) is 0 Å². The first-order valence-electron chi connectivity index (χ1n) is 4.82. The minimum Gasteiger partial charge on any atom is -0.481 e.